The summed E-state index contributed by atoms with van der Waals surface area (Å²) >= 11 is 6.24. The summed E-state index contributed by atoms with van der Waals surface area (Å²) in [6, 6.07) is 2.28. The second-order valence-electron chi connectivity index (χ2n) is 5.51. The van der Waals surface area contributed by atoms with Gasteiger partial charge in [0.15, 0.2) is 0 Å². The van der Waals surface area contributed by atoms with Crippen LogP contribution in [0.25, 0.3) is 0 Å². The van der Waals surface area contributed by atoms with Crippen LogP contribution in [-0.4, -0.2) is 4.98 Å². The van der Waals surface area contributed by atoms with E-state index in [0.29, 0.717) is 17.0 Å². The first-order valence-electron chi connectivity index (χ1n) is 6.18. The van der Waals surface area contributed by atoms with E-state index in [-0.39, 0.29) is 0 Å². The van der Waals surface area contributed by atoms with Gasteiger partial charge in [-0.15, -0.1) is 0 Å². The predicted molar refractivity (Wildman–Crippen MR) is 69.2 cm³/mol. The summed E-state index contributed by atoms with van der Waals surface area (Å²) in [5.41, 5.74) is 3.84. The molecule has 2 unspecified atom stereocenters. The number of hydrogen-bond acceptors (Lipinski definition) is 1. The van der Waals surface area contributed by atoms with Crippen LogP contribution in [0.5, 0.6) is 0 Å². The molecular weight excluding hydrogens is 218 g/mol. The van der Waals surface area contributed by atoms with Crippen molar-refractivity contribution >= 4 is 11.6 Å². The van der Waals surface area contributed by atoms with E-state index >= 15 is 0 Å². The van der Waals surface area contributed by atoms with Crippen LogP contribution in [0.1, 0.15) is 62.8 Å². The molecule has 1 heterocycles. The Kier molecular flexibility index (Phi) is 3.25. The highest BCUT2D eigenvalue weighted by atomic mass is 35.5. The maximum atomic E-state index is 6.24. The lowest BCUT2D eigenvalue weighted by molar-refractivity contribution is 0.441. The van der Waals surface area contributed by atoms with Crippen molar-refractivity contribution in [1.29, 1.82) is 0 Å². The van der Waals surface area contributed by atoms with Crippen LogP contribution in [0.2, 0.25) is 5.15 Å². The van der Waals surface area contributed by atoms with E-state index in [1.807, 2.05) is 0 Å². The summed E-state index contributed by atoms with van der Waals surface area (Å²) in [4.78, 5) is 4.60. The first-order valence-corrected chi connectivity index (χ1v) is 6.56. The molecule has 1 aliphatic rings. The van der Waals surface area contributed by atoms with Crippen molar-refractivity contribution in [3.63, 3.8) is 0 Å². The van der Waals surface area contributed by atoms with Crippen LogP contribution in [0.4, 0.5) is 0 Å². The fourth-order valence-electron chi connectivity index (χ4n) is 2.70. The van der Waals surface area contributed by atoms with Gasteiger partial charge < -0.3 is 0 Å². The Morgan fingerprint density at radius 3 is 2.69 bits per heavy atom. The van der Waals surface area contributed by atoms with Crippen LogP contribution in [0.15, 0.2) is 6.07 Å². The summed E-state index contributed by atoms with van der Waals surface area (Å²) < 4.78 is 0. The lowest BCUT2D eigenvalue weighted by atomic mass is 9.80. The van der Waals surface area contributed by atoms with Crippen LogP contribution < -0.4 is 0 Å². The van der Waals surface area contributed by atoms with Crippen molar-refractivity contribution in [2.45, 2.75) is 52.4 Å². The number of aromatic nitrogens is 1. The van der Waals surface area contributed by atoms with E-state index in [2.05, 4.69) is 38.7 Å². The van der Waals surface area contributed by atoms with Crippen LogP contribution in [0.3, 0.4) is 0 Å². The average Bonchev–Trinajstić information content (AvgIpc) is 2.15. The molecule has 2 heteroatoms. The number of rotatable bonds is 1. The fourth-order valence-corrected chi connectivity index (χ4v) is 3.07. The molecule has 0 radical (unpaired) electrons. The predicted octanol–water partition coefficient (Wildman–Crippen LogP) is 4.54. The van der Waals surface area contributed by atoms with Crippen molar-refractivity contribution < 1.29 is 0 Å². The van der Waals surface area contributed by atoms with Gasteiger partial charge in [-0.2, -0.15) is 0 Å². The number of pyridine rings is 1. The van der Waals surface area contributed by atoms with Gasteiger partial charge in [0.05, 0.1) is 0 Å². The zero-order valence-corrected chi connectivity index (χ0v) is 11.3. The van der Waals surface area contributed by atoms with E-state index < -0.39 is 0 Å². The highest BCUT2D eigenvalue weighted by molar-refractivity contribution is 6.30. The summed E-state index contributed by atoms with van der Waals surface area (Å²) in [6.07, 6.45) is 2.35. The number of nitrogens with zero attached hydrogens (tertiary/aromatic N) is 1. The Morgan fingerprint density at radius 1 is 1.38 bits per heavy atom. The molecule has 0 aromatic carbocycles. The number of fused-ring (bicyclic) bond motifs is 1. The molecule has 0 N–H and O–H groups in total. The maximum absolute atomic E-state index is 6.24. The first kappa shape index (κ1) is 11.9. The Bertz CT molecular complexity index is 398. The topological polar surface area (TPSA) is 12.9 Å². The van der Waals surface area contributed by atoms with Gasteiger partial charge in [0.1, 0.15) is 5.15 Å². The minimum atomic E-state index is 0.455. The Balaban J connectivity index is 2.48. The van der Waals surface area contributed by atoms with Gasteiger partial charge in [0, 0.05) is 5.69 Å². The molecule has 0 aliphatic heterocycles. The van der Waals surface area contributed by atoms with E-state index in [1.165, 1.54) is 23.2 Å². The quantitative estimate of drug-likeness (QED) is 0.654. The van der Waals surface area contributed by atoms with Crippen LogP contribution >= 0.6 is 11.6 Å². The molecule has 0 amide bonds. The standard InChI is InChI=1S/C14H20ClN/c1-8(2)11-7-12-10(4)5-9(3)6-13(12)16-14(11)15/h7-10H,5-6H2,1-4H3. The molecule has 0 fully saturated rings. The van der Waals surface area contributed by atoms with Gasteiger partial charge in [-0.1, -0.05) is 45.4 Å². The maximum Gasteiger partial charge on any atom is 0.132 e. The van der Waals surface area contributed by atoms with E-state index in [1.54, 1.807) is 0 Å². The second-order valence-corrected chi connectivity index (χ2v) is 5.86. The fraction of sp³-hybridized carbons (Fsp3) is 0.643. The molecule has 0 bridgehead atoms. The minimum absolute atomic E-state index is 0.455. The summed E-state index contributed by atoms with van der Waals surface area (Å²) in [6.45, 7) is 8.94. The number of halogens is 1. The zero-order chi connectivity index (χ0) is 11.9. The number of hydrogen-bond donors (Lipinski definition) is 0. The van der Waals surface area contributed by atoms with Crippen LogP contribution in [-0.2, 0) is 6.42 Å². The highest BCUT2D eigenvalue weighted by Crippen LogP contribution is 2.36. The normalized spacial score (nSPS) is 24.6. The van der Waals surface area contributed by atoms with Crippen LogP contribution in [0, 0.1) is 5.92 Å². The van der Waals surface area contributed by atoms with E-state index in [0.717, 1.165) is 12.3 Å². The van der Waals surface area contributed by atoms with Crippen molar-refractivity contribution in [2.24, 2.45) is 5.92 Å². The third kappa shape index (κ3) is 2.10. The molecule has 1 aliphatic carbocycles. The largest absolute Gasteiger partial charge is 0.241 e. The molecule has 0 spiro atoms. The summed E-state index contributed by atoms with van der Waals surface area (Å²) in [5, 5.41) is 0.704. The van der Waals surface area contributed by atoms with E-state index in [4.69, 9.17) is 11.6 Å². The molecule has 2 atom stereocenters. The highest BCUT2D eigenvalue weighted by Gasteiger charge is 2.24. The molecule has 0 saturated heterocycles. The van der Waals surface area contributed by atoms with Crippen molar-refractivity contribution in [2.75, 3.05) is 0 Å². The van der Waals surface area contributed by atoms with E-state index in [9.17, 15) is 0 Å². The molecule has 0 saturated carbocycles. The molecule has 1 aromatic heterocycles. The van der Waals surface area contributed by atoms with Gasteiger partial charge in [-0.25, -0.2) is 4.98 Å². The zero-order valence-electron chi connectivity index (χ0n) is 10.5. The molecule has 1 aromatic rings. The van der Waals surface area contributed by atoms with Crippen molar-refractivity contribution in [3.05, 3.63) is 28.0 Å². The minimum Gasteiger partial charge on any atom is -0.241 e. The Morgan fingerprint density at radius 2 is 2.06 bits per heavy atom. The lowest BCUT2D eigenvalue weighted by Crippen LogP contribution is -2.17. The van der Waals surface area contributed by atoms with Gasteiger partial charge in [0.25, 0.3) is 0 Å². The lowest BCUT2D eigenvalue weighted by Gasteiger charge is -2.27. The Hall–Kier alpha value is -0.560. The first-order chi connectivity index (χ1) is 7.49. The van der Waals surface area contributed by atoms with Gasteiger partial charge in [-0.05, 0) is 41.7 Å². The Labute approximate surface area is 103 Å². The van der Waals surface area contributed by atoms with Gasteiger partial charge >= 0.3 is 0 Å². The summed E-state index contributed by atoms with van der Waals surface area (Å²) in [5.74, 6) is 1.81. The average molecular weight is 238 g/mol. The van der Waals surface area contributed by atoms with Crippen molar-refractivity contribution in [1.82, 2.24) is 4.98 Å². The molecule has 88 valence electrons. The van der Waals surface area contributed by atoms with Crippen molar-refractivity contribution in [3.8, 4) is 0 Å². The van der Waals surface area contributed by atoms with Gasteiger partial charge in [-0.3, -0.25) is 0 Å². The van der Waals surface area contributed by atoms with Gasteiger partial charge in [0.2, 0.25) is 0 Å². The molecular formula is C14H20ClN. The SMILES string of the molecule is CC1Cc2nc(Cl)c(C(C)C)cc2C(C)C1. The third-order valence-corrected chi connectivity index (χ3v) is 3.87. The third-order valence-electron chi connectivity index (χ3n) is 3.57. The molecule has 2 rings (SSSR count). The monoisotopic (exact) mass is 237 g/mol. The smallest absolute Gasteiger partial charge is 0.132 e. The second kappa shape index (κ2) is 4.37. The summed E-state index contributed by atoms with van der Waals surface area (Å²) in [7, 11) is 0. The molecule has 1 nitrogen and oxygen atoms in total. The molecule has 16 heavy (non-hydrogen) atoms.